The van der Waals surface area contributed by atoms with Crippen molar-refractivity contribution < 1.29 is 19.1 Å². The lowest BCUT2D eigenvalue weighted by Gasteiger charge is -2.12. The molecule has 0 fully saturated rings. The Hall–Kier alpha value is -3.33. The molecule has 0 heterocycles. The Morgan fingerprint density at radius 3 is 2.71 bits per heavy atom. The van der Waals surface area contributed by atoms with E-state index < -0.39 is 5.91 Å². The van der Waals surface area contributed by atoms with Crippen LogP contribution < -0.4 is 14.8 Å². The monoisotopic (exact) mass is 324 g/mol. The van der Waals surface area contributed by atoms with Crippen molar-refractivity contribution in [1.29, 1.82) is 5.26 Å². The molecule has 2 aromatic carbocycles. The van der Waals surface area contributed by atoms with Gasteiger partial charge >= 0.3 is 0 Å². The molecule has 0 radical (unpaired) electrons. The smallest absolute Gasteiger partial charge is 0.262 e. The highest BCUT2D eigenvalue weighted by molar-refractivity contribution is 5.93. The minimum atomic E-state index is -0.403. The summed E-state index contributed by atoms with van der Waals surface area (Å²) in [7, 11) is 0. The molecule has 0 bridgehead atoms. The highest BCUT2D eigenvalue weighted by Gasteiger charge is 2.10. The summed E-state index contributed by atoms with van der Waals surface area (Å²) in [6.07, 6.45) is 0.706. The number of hydrogen-bond acceptors (Lipinski definition) is 5. The third-order valence-electron chi connectivity index (χ3n) is 3.08. The molecule has 0 aliphatic carbocycles. The average Bonchev–Trinajstić information content (AvgIpc) is 2.61. The van der Waals surface area contributed by atoms with Crippen LogP contribution in [0.3, 0.4) is 0 Å². The Morgan fingerprint density at radius 1 is 1.21 bits per heavy atom. The van der Waals surface area contributed by atoms with Crippen molar-refractivity contribution in [3.05, 3.63) is 53.6 Å². The second-order valence-electron chi connectivity index (χ2n) is 4.75. The molecule has 0 saturated carbocycles. The molecule has 0 aliphatic heterocycles. The lowest BCUT2D eigenvalue weighted by atomic mass is 10.2. The van der Waals surface area contributed by atoms with Gasteiger partial charge in [-0.1, -0.05) is 12.1 Å². The number of carbonyl (C=O) groups excluding carboxylic acids is 2. The van der Waals surface area contributed by atoms with E-state index in [2.05, 4.69) is 5.32 Å². The first-order valence-electron chi connectivity index (χ1n) is 7.31. The van der Waals surface area contributed by atoms with E-state index in [9.17, 15) is 9.59 Å². The van der Waals surface area contributed by atoms with Gasteiger partial charge in [0, 0.05) is 5.56 Å². The third kappa shape index (κ3) is 4.34. The molecular weight excluding hydrogens is 308 g/mol. The van der Waals surface area contributed by atoms with Crippen LogP contribution in [0.2, 0.25) is 0 Å². The molecule has 0 atom stereocenters. The van der Waals surface area contributed by atoms with Gasteiger partial charge in [0.2, 0.25) is 0 Å². The fourth-order valence-electron chi connectivity index (χ4n) is 2.00. The Morgan fingerprint density at radius 2 is 2.00 bits per heavy atom. The van der Waals surface area contributed by atoms with Gasteiger partial charge in [-0.15, -0.1) is 0 Å². The van der Waals surface area contributed by atoms with Crippen LogP contribution in [0, 0.1) is 11.3 Å². The van der Waals surface area contributed by atoms with Crippen LogP contribution in [0.15, 0.2) is 42.5 Å². The zero-order valence-electron chi connectivity index (χ0n) is 13.1. The number of para-hydroxylation sites is 1. The summed E-state index contributed by atoms with van der Waals surface area (Å²) in [5, 5.41) is 11.6. The fraction of sp³-hybridized carbons (Fsp3) is 0.167. The molecule has 6 heteroatoms. The van der Waals surface area contributed by atoms with Crippen LogP contribution in [-0.2, 0) is 4.79 Å². The minimum Gasteiger partial charge on any atom is -0.490 e. The number of nitrogens with zero attached hydrogens (tertiary/aromatic N) is 1. The standard InChI is InChI=1S/C18H16N2O4/c1-2-23-17-9-13(11-21)7-8-16(17)24-12-18(22)20-15-6-4-3-5-14(15)10-19/h3-9,11H,2,12H2,1H3,(H,20,22). The van der Waals surface area contributed by atoms with Crippen LogP contribution in [0.1, 0.15) is 22.8 Å². The summed E-state index contributed by atoms with van der Waals surface area (Å²) in [6, 6.07) is 13.4. The van der Waals surface area contributed by atoms with Crippen LogP contribution >= 0.6 is 0 Å². The van der Waals surface area contributed by atoms with Crippen molar-refractivity contribution in [3.8, 4) is 17.6 Å². The largest absolute Gasteiger partial charge is 0.490 e. The second-order valence-corrected chi connectivity index (χ2v) is 4.75. The molecular formula is C18H16N2O4. The number of ether oxygens (including phenoxy) is 2. The minimum absolute atomic E-state index is 0.250. The number of nitriles is 1. The van der Waals surface area contributed by atoms with E-state index >= 15 is 0 Å². The molecule has 0 spiro atoms. The predicted octanol–water partition coefficient (Wildman–Crippen LogP) is 2.79. The molecule has 122 valence electrons. The van der Waals surface area contributed by atoms with Crippen molar-refractivity contribution in [2.45, 2.75) is 6.92 Å². The molecule has 0 aromatic heterocycles. The van der Waals surface area contributed by atoms with E-state index in [4.69, 9.17) is 14.7 Å². The zero-order valence-corrected chi connectivity index (χ0v) is 13.1. The Bertz CT molecular complexity index is 781. The van der Waals surface area contributed by atoms with Gasteiger partial charge < -0.3 is 14.8 Å². The van der Waals surface area contributed by atoms with E-state index in [0.29, 0.717) is 41.2 Å². The molecule has 24 heavy (non-hydrogen) atoms. The summed E-state index contributed by atoms with van der Waals surface area (Å²) in [4.78, 5) is 22.8. The molecule has 0 saturated heterocycles. The first-order chi connectivity index (χ1) is 11.7. The maximum atomic E-state index is 12.0. The van der Waals surface area contributed by atoms with Crippen molar-refractivity contribution in [3.63, 3.8) is 0 Å². The number of carbonyl (C=O) groups is 2. The number of anilines is 1. The van der Waals surface area contributed by atoms with E-state index in [0.717, 1.165) is 0 Å². The third-order valence-corrected chi connectivity index (χ3v) is 3.08. The van der Waals surface area contributed by atoms with Crippen molar-refractivity contribution in [1.82, 2.24) is 0 Å². The molecule has 1 amide bonds. The van der Waals surface area contributed by atoms with Crippen LogP contribution in [0.4, 0.5) is 5.69 Å². The quantitative estimate of drug-likeness (QED) is 0.791. The van der Waals surface area contributed by atoms with Crippen molar-refractivity contribution >= 4 is 17.9 Å². The van der Waals surface area contributed by atoms with E-state index in [1.807, 2.05) is 13.0 Å². The van der Waals surface area contributed by atoms with E-state index in [1.165, 1.54) is 0 Å². The summed E-state index contributed by atoms with van der Waals surface area (Å²) < 4.78 is 10.9. The van der Waals surface area contributed by atoms with Crippen LogP contribution in [0.25, 0.3) is 0 Å². The van der Waals surface area contributed by atoms with Gasteiger partial charge in [-0.3, -0.25) is 9.59 Å². The number of hydrogen-bond donors (Lipinski definition) is 1. The second kappa shape index (κ2) is 8.34. The first kappa shape index (κ1) is 17.0. The fourth-order valence-corrected chi connectivity index (χ4v) is 2.00. The number of amides is 1. The SMILES string of the molecule is CCOc1cc(C=O)ccc1OCC(=O)Nc1ccccc1C#N. The van der Waals surface area contributed by atoms with Crippen molar-refractivity contribution in [2.24, 2.45) is 0 Å². The maximum absolute atomic E-state index is 12.0. The summed E-state index contributed by atoms with van der Waals surface area (Å²) in [6.45, 7) is 1.96. The Labute approximate surface area is 139 Å². The van der Waals surface area contributed by atoms with Gasteiger partial charge in [0.1, 0.15) is 12.4 Å². The van der Waals surface area contributed by atoms with Gasteiger partial charge in [-0.25, -0.2) is 0 Å². The summed E-state index contributed by atoms with van der Waals surface area (Å²) in [5.41, 5.74) is 1.25. The molecule has 1 N–H and O–H groups in total. The van der Waals surface area contributed by atoms with E-state index in [1.54, 1.807) is 42.5 Å². The number of benzene rings is 2. The molecule has 2 rings (SSSR count). The van der Waals surface area contributed by atoms with Gasteiger partial charge in [0.15, 0.2) is 18.1 Å². The average molecular weight is 324 g/mol. The molecule has 2 aromatic rings. The van der Waals surface area contributed by atoms with Gasteiger partial charge in [-0.05, 0) is 37.3 Å². The van der Waals surface area contributed by atoms with Crippen molar-refractivity contribution in [2.75, 3.05) is 18.5 Å². The topological polar surface area (TPSA) is 88.4 Å². The summed E-state index contributed by atoms with van der Waals surface area (Å²) >= 11 is 0. The summed E-state index contributed by atoms with van der Waals surface area (Å²) in [5.74, 6) is 0.359. The highest BCUT2D eigenvalue weighted by atomic mass is 16.5. The number of rotatable bonds is 7. The number of nitrogens with one attached hydrogen (secondary N) is 1. The Kier molecular flexibility index (Phi) is 5.92. The lowest BCUT2D eigenvalue weighted by molar-refractivity contribution is -0.118. The normalized spacial score (nSPS) is 9.67. The number of aldehydes is 1. The van der Waals surface area contributed by atoms with Gasteiger partial charge in [0.05, 0.1) is 17.9 Å². The van der Waals surface area contributed by atoms with Gasteiger partial charge in [0.25, 0.3) is 5.91 Å². The molecule has 0 unspecified atom stereocenters. The first-order valence-corrected chi connectivity index (χ1v) is 7.31. The zero-order chi connectivity index (χ0) is 17.4. The van der Waals surface area contributed by atoms with Crippen LogP contribution in [0.5, 0.6) is 11.5 Å². The molecule has 0 aliphatic rings. The predicted molar refractivity (Wildman–Crippen MR) is 88.3 cm³/mol. The van der Waals surface area contributed by atoms with E-state index in [-0.39, 0.29) is 6.61 Å². The Balaban J connectivity index is 2.04. The highest BCUT2D eigenvalue weighted by Crippen LogP contribution is 2.28. The van der Waals surface area contributed by atoms with Gasteiger partial charge in [-0.2, -0.15) is 5.26 Å². The lowest BCUT2D eigenvalue weighted by Crippen LogP contribution is -2.21. The van der Waals surface area contributed by atoms with Crippen LogP contribution in [-0.4, -0.2) is 25.4 Å². The molecule has 6 nitrogen and oxygen atoms in total. The maximum Gasteiger partial charge on any atom is 0.262 e.